The molecule has 0 spiro atoms. The number of anilines is 1. The van der Waals surface area contributed by atoms with Gasteiger partial charge >= 0.3 is 0 Å². The molecule has 0 atom stereocenters. The first-order chi connectivity index (χ1) is 5.11. The van der Waals surface area contributed by atoms with Gasteiger partial charge in [0.25, 0.3) is 5.24 Å². The molecule has 0 amide bonds. The summed E-state index contributed by atoms with van der Waals surface area (Å²) in [5.41, 5.74) is 5.26. The van der Waals surface area contributed by atoms with Crippen LogP contribution in [0.1, 0.15) is 10.4 Å². The summed E-state index contributed by atoms with van der Waals surface area (Å²) in [5.74, 6) is -0.732. The number of rotatable bonds is 1. The van der Waals surface area contributed by atoms with Crippen molar-refractivity contribution in [3.63, 3.8) is 0 Å². The normalized spacial score (nSPS) is 9.64. The van der Waals surface area contributed by atoms with E-state index < -0.39 is 11.2 Å². The number of nitrogens with zero attached hydrogens (tertiary/aromatic N) is 1. The van der Waals surface area contributed by atoms with Crippen molar-refractivity contribution in [1.29, 1.82) is 0 Å². The summed E-state index contributed by atoms with van der Waals surface area (Å²) in [4.78, 5) is 13.7. The molecule has 0 fully saturated rings. The number of carbonyl (C=O) groups is 1. The maximum absolute atomic E-state index is 12.3. The lowest BCUT2D eigenvalue weighted by molar-refractivity contribution is 0.108. The van der Waals surface area contributed by atoms with Crippen LogP contribution in [-0.4, -0.2) is 10.2 Å². The lowest BCUT2D eigenvalue weighted by atomic mass is 10.2. The van der Waals surface area contributed by atoms with Gasteiger partial charge in [-0.1, -0.05) is 0 Å². The van der Waals surface area contributed by atoms with Gasteiger partial charge in [0.2, 0.25) is 5.95 Å². The largest absolute Gasteiger partial charge is 0.398 e. The highest BCUT2D eigenvalue weighted by Gasteiger charge is 2.07. The molecule has 1 aromatic heterocycles. The van der Waals surface area contributed by atoms with Crippen molar-refractivity contribution >= 4 is 22.5 Å². The van der Waals surface area contributed by atoms with Gasteiger partial charge in [-0.3, -0.25) is 4.79 Å². The second-order valence-electron chi connectivity index (χ2n) is 1.87. The number of nitrogen functional groups attached to an aromatic ring is 1. The van der Waals surface area contributed by atoms with Crippen LogP contribution < -0.4 is 5.73 Å². The molecule has 0 aliphatic rings. The Morgan fingerprint density at radius 2 is 2.36 bits per heavy atom. The Morgan fingerprint density at radius 3 is 2.82 bits per heavy atom. The lowest BCUT2D eigenvalue weighted by Gasteiger charge is -1.97. The predicted octanol–water partition coefficient (Wildman–Crippen LogP) is 1.18. The quantitative estimate of drug-likeness (QED) is 0.514. The van der Waals surface area contributed by atoms with Crippen molar-refractivity contribution in [3.8, 4) is 0 Å². The highest BCUT2D eigenvalue weighted by molar-refractivity contribution is 6.68. The third-order valence-corrected chi connectivity index (χ3v) is 1.32. The van der Waals surface area contributed by atoms with Crippen LogP contribution in [-0.2, 0) is 0 Å². The zero-order chi connectivity index (χ0) is 8.43. The number of pyridine rings is 1. The van der Waals surface area contributed by atoms with E-state index >= 15 is 0 Å². The highest BCUT2D eigenvalue weighted by Crippen LogP contribution is 2.12. The summed E-state index contributed by atoms with van der Waals surface area (Å²) in [6.07, 6.45) is 1.00. The smallest absolute Gasteiger partial charge is 0.256 e. The Balaban J connectivity index is 3.20. The summed E-state index contributed by atoms with van der Waals surface area (Å²) in [6.45, 7) is 0. The van der Waals surface area contributed by atoms with Crippen LogP contribution in [0.3, 0.4) is 0 Å². The van der Waals surface area contributed by atoms with Crippen LogP contribution in [0.2, 0.25) is 0 Å². The van der Waals surface area contributed by atoms with Crippen molar-refractivity contribution in [2.45, 2.75) is 0 Å². The Bertz CT molecular complexity index is 303. The fourth-order valence-electron chi connectivity index (χ4n) is 0.608. The minimum absolute atomic E-state index is 0.00231. The van der Waals surface area contributed by atoms with Crippen LogP contribution in [0.4, 0.5) is 10.1 Å². The molecule has 0 saturated carbocycles. The Morgan fingerprint density at radius 1 is 1.73 bits per heavy atom. The van der Waals surface area contributed by atoms with Gasteiger partial charge in [-0.15, -0.1) is 0 Å². The molecule has 0 aromatic carbocycles. The minimum Gasteiger partial charge on any atom is -0.398 e. The van der Waals surface area contributed by atoms with E-state index in [1.54, 1.807) is 0 Å². The fourth-order valence-corrected chi connectivity index (χ4v) is 0.766. The zero-order valence-corrected chi connectivity index (χ0v) is 6.10. The van der Waals surface area contributed by atoms with Gasteiger partial charge in [0.15, 0.2) is 0 Å². The van der Waals surface area contributed by atoms with Crippen LogP contribution in [0, 0.1) is 5.95 Å². The van der Waals surface area contributed by atoms with E-state index in [4.69, 9.17) is 17.3 Å². The van der Waals surface area contributed by atoms with E-state index in [2.05, 4.69) is 4.98 Å². The average Bonchev–Trinajstić information content (AvgIpc) is 1.85. The van der Waals surface area contributed by atoms with Crippen LogP contribution >= 0.6 is 11.6 Å². The van der Waals surface area contributed by atoms with E-state index in [1.165, 1.54) is 0 Å². The molecule has 0 radical (unpaired) electrons. The van der Waals surface area contributed by atoms with Crippen molar-refractivity contribution in [2.75, 3.05) is 5.73 Å². The summed E-state index contributed by atoms with van der Waals surface area (Å²) in [6, 6.07) is 0.940. The summed E-state index contributed by atoms with van der Waals surface area (Å²) in [5, 5.41) is -0.741. The molecule has 11 heavy (non-hydrogen) atoms. The Kier molecular flexibility index (Phi) is 2.05. The Labute approximate surface area is 67.0 Å². The maximum atomic E-state index is 12.3. The van der Waals surface area contributed by atoms with Crippen molar-refractivity contribution in [1.82, 2.24) is 4.98 Å². The molecule has 1 rings (SSSR count). The molecular weight excluding hydrogens is 171 g/mol. The number of hydrogen-bond donors (Lipinski definition) is 1. The molecule has 5 heteroatoms. The molecule has 0 aliphatic carbocycles. The molecular formula is C6H4ClFN2O. The van der Waals surface area contributed by atoms with Gasteiger partial charge in [-0.2, -0.15) is 4.39 Å². The summed E-state index contributed by atoms with van der Waals surface area (Å²) >= 11 is 5.08. The first-order valence-electron chi connectivity index (χ1n) is 2.72. The maximum Gasteiger partial charge on any atom is 0.256 e. The van der Waals surface area contributed by atoms with Gasteiger partial charge in [0, 0.05) is 18.0 Å². The molecule has 58 valence electrons. The van der Waals surface area contributed by atoms with E-state index in [0.29, 0.717) is 0 Å². The standard InChI is InChI=1S/C6H4ClFN2O/c7-6(11)3-2-10-5(8)1-4(3)9/h1-2H,(H2,9,10). The van der Waals surface area contributed by atoms with Crippen LogP contribution in [0.25, 0.3) is 0 Å². The van der Waals surface area contributed by atoms with Crippen molar-refractivity contribution in [2.24, 2.45) is 0 Å². The first-order valence-corrected chi connectivity index (χ1v) is 3.10. The number of hydrogen-bond acceptors (Lipinski definition) is 3. The molecule has 0 unspecified atom stereocenters. The molecule has 1 aromatic rings. The zero-order valence-electron chi connectivity index (χ0n) is 5.34. The van der Waals surface area contributed by atoms with Crippen LogP contribution in [0.5, 0.6) is 0 Å². The third kappa shape index (κ3) is 1.65. The van der Waals surface area contributed by atoms with Gasteiger partial charge < -0.3 is 5.73 Å². The van der Waals surface area contributed by atoms with E-state index in [1.807, 2.05) is 0 Å². The number of aromatic nitrogens is 1. The summed E-state index contributed by atoms with van der Waals surface area (Å²) < 4.78 is 12.3. The predicted molar refractivity (Wildman–Crippen MR) is 38.8 cm³/mol. The number of halogens is 2. The topological polar surface area (TPSA) is 56.0 Å². The molecule has 2 N–H and O–H groups in total. The van der Waals surface area contributed by atoms with Gasteiger partial charge in [-0.25, -0.2) is 4.98 Å². The van der Waals surface area contributed by atoms with E-state index in [9.17, 15) is 9.18 Å². The van der Waals surface area contributed by atoms with E-state index in [0.717, 1.165) is 12.3 Å². The molecule has 0 aliphatic heterocycles. The Hall–Kier alpha value is -1.16. The van der Waals surface area contributed by atoms with Crippen molar-refractivity contribution < 1.29 is 9.18 Å². The van der Waals surface area contributed by atoms with E-state index in [-0.39, 0.29) is 11.3 Å². The van der Waals surface area contributed by atoms with Crippen LogP contribution in [0.15, 0.2) is 12.3 Å². The van der Waals surface area contributed by atoms with Crippen molar-refractivity contribution in [3.05, 3.63) is 23.8 Å². The van der Waals surface area contributed by atoms with Gasteiger partial charge in [-0.05, 0) is 11.6 Å². The average molecular weight is 175 g/mol. The highest BCUT2D eigenvalue weighted by atomic mass is 35.5. The molecule has 1 heterocycles. The molecule has 3 nitrogen and oxygen atoms in total. The number of nitrogens with two attached hydrogens (primary N) is 1. The monoisotopic (exact) mass is 174 g/mol. The fraction of sp³-hybridized carbons (Fsp3) is 0. The molecule has 0 saturated heterocycles. The summed E-state index contributed by atoms with van der Waals surface area (Å²) in [7, 11) is 0. The lowest BCUT2D eigenvalue weighted by Crippen LogP contribution is -1.99. The first kappa shape index (κ1) is 7.94. The second-order valence-corrected chi connectivity index (χ2v) is 2.21. The molecule has 0 bridgehead atoms. The SMILES string of the molecule is Nc1cc(F)ncc1C(=O)Cl. The number of carbonyl (C=O) groups excluding carboxylic acids is 1. The van der Waals surface area contributed by atoms with Gasteiger partial charge in [0.1, 0.15) is 0 Å². The van der Waals surface area contributed by atoms with Gasteiger partial charge in [0.05, 0.1) is 5.56 Å². The third-order valence-electron chi connectivity index (χ3n) is 1.11. The minimum atomic E-state index is -0.741. The second kappa shape index (κ2) is 2.84.